The second-order valence-electron chi connectivity index (χ2n) is 7.83. The van der Waals surface area contributed by atoms with Crippen LogP contribution in [0.15, 0.2) is 42.5 Å². The number of benzene rings is 2. The van der Waals surface area contributed by atoms with Gasteiger partial charge < -0.3 is 19.7 Å². The van der Waals surface area contributed by atoms with Crippen molar-refractivity contribution < 1.29 is 19.1 Å². The van der Waals surface area contributed by atoms with Gasteiger partial charge in [0, 0.05) is 37.3 Å². The first kappa shape index (κ1) is 19.7. The van der Waals surface area contributed by atoms with Crippen molar-refractivity contribution in [2.24, 2.45) is 0 Å². The van der Waals surface area contributed by atoms with Crippen LogP contribution in [0.5, 0.6) is 11.5 Å². The zero-order chi connectivity index (χ0) is 20.3. The summed E-state index contributed by atoms with van der Waals surface area (Å²) in [5, 5.41) is 2.89. The van der Waals surface area contributed by atoms with Crippen LogP contribution in [0.2, 0.25) is 0 Å². The topological polar surface area (TPSA) is 67.9 Å². The Hall–Kier alpha value is -3.02. The maximum atomic E-state index is 12.3. The van der Waals surface area contributed by atoms with Crippen molar-refractivity contribution in [3.05, 3.63) is 48.0 Å². The van der Waals surface area contributed by atoms with E-state index >= 15 is 0 Å². The fraction of sp³-hybridized carbons (Fsp3) is 0.364. The highest BCUT2D eigenvalue weighted by molar-refractivity contribution is 5.95. The van der Waals surface area contributed by atoms with E-state index in [4.69, 9.17) is 9.47 Å². The number of anilines is 2. The van der Waals surface area contributed by atoms with Crippen LogP contribution in [0.3, 0.4) is 0 Å². The number of ether oxygens (including phenoxy) is 2. The first-order valence-electron chi connectivity index (χ1n) is 9.32. The van der Waals surface area contributed by atoms with E-state index in [1.807, 2.05) is 24.3 Å². The van der Waals surface area contributed by atoms with Crippen LogP contribution in [0.4, 0.5) is 11.4 Å². The molecule has 0 fully saturated rings. The molecule has 0 aliphatic carbocycles. The molecule has 0 unspecified atom stereocenters. The van der Waals surface area contributed by atoms with Crippen LogP contribution in [-0.4, -0.2) is 25.2 Å². The van der Waals surface area contributed by atoms with E-state index in [0.29, 0.717) is 17.2 Å². The third-order valence-electron chi connectivity index (χ3n) is 4.65. The molecular weight excluding hydrogens is 356 g/mol. The number of nitrogens with zero attached hydrogens (tertiary/aromatic N) is 1. The third kappa shape index (κ3) is 4.63. The van der Waals surface area contributed by atoms with Crippen LogP contribution in [0.1, 0.15) is 39.7 Å². The molecule has 0 atom stereocenters. The number of rotatable bonds is 5. The normalized spacial score (nSPS) is 12.6. The molecule has 0 saturated carbocycles. The van der Waals surface area contributed by atoms with Crippen LogP contribution in [0.25, 0.3) is 0 Å². The Morgan fingerprint density at radius 2 is 1.71 bits per heavy atom. The van der Waals surface area contributed by atoms with E-state index in [9.17, 15) is 9.59 Å². The Morgan fingerprint density at radius 3 is 2.36 bits per heavy atom. The molecule has 2 amide bonds. The number of fused-ring (bicyclic) bond motifs is 1. The molecule has 1 heterocycles. The molecule has 0 aromatic heterocycles. The maximum Gasteiger partial charge on any atom is 0.231 e. The van der Waals surface area contributed by atoms with Gasteiger partial charge in [0.25, 0.3) is 0 Å². The summed E-state index contributed by atoms with van der Waals surface area (Å²) in [5.41, 5.74) is 2.69. The molecule has 2 aromatic rings. The van der Waals surface area contributed by atoms with Crippen LogP contribution in [0, 0.1) is 0 Å². The lowest BCUT2D eigenvalue weighted by Crippen LogP contribution is -2.31. The highest BCUT2D eigenvalue weighted by Gasteiger charge is 2.19. The van der Waals surface area contributed by atoms with Crippen molar-refractivity contribution in [3.8, 4) is 11.5 Å². The minimum atomic E-state index is -0.143. The Morgan fingerprint density at radius 1 is 1.04 bits per heavy atom. The first-order chi connectivity index (χ1) is 13.2. The summed E-state index contributed by atoms with van der Waals surface area (Å²) in [6, 6.07) is 13.2. The van der Waals surface area contributed by atoms with E-state index in [1.54, 1.807) is 23.1 Å². The number of hydrogen-bond acceptors (Lipinski definition) is 4. The number of carbonyl (C=O) groups excluding carboxylic acids is 2. The molecule has 148 valence electrons. The summed E-state index contributed by atoms with van der Waals surface area (Å²) in [6.07, 6.45) is 0.190. The van der Waals surface area contributed by atoms with Crippen molar-refractivity contribution in [2.45, 2.75) is 39.5 Å². The smallest absolute Gasteiger partial charge is 0.231 e. The standard InChI is InChI=1S/C22H26N2O4/c1-15(25)24(18-9-10-19-20(13-18)28-14-27-19)12-11-21(26)23-17-7-5-16(6-8-17)22(2,3)4/h5-10,13H,11-12,14H2,1-4H3,(H,23,26). The zero-order valence-electron chi connectivity index (χ0n) is 16.7. The Kier molecular flexibility index (Phi) is 5.58. The lowest BCUT2D eigenvalue weighted by Gasteiger charge is -2.21. The van der Waals surface area contributed by atoms with Gasteiger partial charge in [0.15, 0.2) is 11.5 Å². The SMILES string of the molecule is CC(=O)N(CCC(=O)Nc1ccc(C(C)(C)C)cc1)c1ccc2c(c1)OCO2. The Balaban J connectivity index is 1.61. The van der Waals surface area contributed by atoms with E-state index in [-0.39, 0.29) is 37.0 Å². The molecule has 28 heavy (non-hydrogen) atoms. The summed E-state index contributed by atoms with van der Waals surface area (Å²) in [5.74, 6) is 0.979. The van der Waals surface area contributed by atoms with E-state index in [1.165, 1.54) is 12.5 Å². The van der Waals surface area contributed by atoms with Gasteiger partial charge in [-0.15, -0.1) is 0 Å². The van der Waals surface area contributed by atoms with Crippen molar-refractivity contribution in [2.75, 3.05) is 23.6 Å². The molecule has 0 saturated heterocycles. The molecule has 3 rings (SSSR count). The number of hydrogen-bond donors (Lipinski definition) is 1. The highest BCUT2D eigenvalue weighted by Crippen LogP contribution is 2.35. The second-order valence-corrected chi connectivity index (χ2v) is 7.83. The van der Waals surface area contributed by atoms with Gasteiger partial charge in [-0.2, -0.15) is 0 Å². The summed E-state index contributed by atoms with van der Waals surface area (Å²) in [7, 11) is 0. The van der Waals surface area contributed by atoms with Gasteiger partial charge in [-0.05, 0) is 35.2 Å². The molecule has 6 heteroatoms. The average Bonchev–Trinajstić information content (AvgIpc) is 3.09. The van der Waals surface area contributed by atoms with Gasteiger partial charge in [-0.1, -0.05) is 32.9 Å². The molecule has 6 nitrogen and oxygen atoms in total. The zero-order valence-corrected chi connectivity index (χ0v) is 16.7. The fourth-order valence-electron chi connectivity index (χ4n) is 3.01. The molecular formula is C22H26N2O4. The minimum Gasteiger partial charge on any atom is -0.454 e. The van der Waals surface area contributed by atoms with Crippen molar-refractivity contribution in [1.82, 2.24) is 0 Å². The van der Waals surface area contributed by atoms with E-state index < -0.39 is 0 Å². The van der Waals surface area contributed by atoms with Gasteiger partial charge in [0.05, 0.1) is 0 Å². The second kappa shape index (κ2) is 7.92. The van der Waals surface area contributed by atoms with Crippen molar-refractivity contribution in [3.63, 3.8) is 0 Å². The fourth-order valence-corrected chi connectivity index (χ4v) is 3.01. The quantitative estimate of drug-likeness (QED) is 0.846. The predicted molar refractivity (Wildman–Crippen MR) is 109 cm³/mol. The summed E-state index contributed by atoms with van der Waals surface area (Å²) < 4.78 is 10.7. The third-order valence-corrected chi connectivity index (χ3v) is 4.65. The molecule has 1 aliphatic heterocycles. The van der Waals surface area contributed by atoms with Crippen LogP contribution in [-0.2, 0) is 15.0 Å². The van der Waals surface area contributed by atoms with Gasteiger partial charge in [-0.3, -0.25) is 9.59 Å². The molecule has 0 spiro atoms. The molecule has 1 aliphatic rings. The Labute approximate surface area is 165 Å². The average molecular weight is 382 g/mol. The maximum absolute atomic E-state index is 12.3. The number of carbonyl (C=O) groups is 2. The highest BCUT2D eigenvalue weighted by atomic mass is 16.7. The van der Waals surface area contributed by atoms with Gasteiger partial charge >= 0.3 is 0 Å². The van der Waals surface area contributed by atoms with Crippen LogP contribution < -0.4 is 19.7 Å². The summed E-state index contributed by atoms with van der Waals surface area (Å²) in [4.78, 5) is 26.0. The van der Waals surface area contributed by atoms with Gasteiger partial charge in [0.1, 0.15) is 0 Å². The van der Waals surface area contributed by atoms with Gasteiger partial charge in [-0.25, -0.2) is 0 Å². The first-order valence-corrected chi connectivity index (χ1v) is 9.32. The van der Waals surface area contributed by atoms with E-state index in [0.717, 1.165) is 5.69 Å². The number of amides is 2. The molecule has 0 bridgehead atoms. The lowest BCUT2D eigenvalue weighted by molar-refractivity contribution is -0.117. The minimum absolute atomic E-state index is 0.0646. The molecule has 0 radical (unpaired) electrons. The summed E-state index contributed by atoms with van der Waals surface area (Å²) in [6.45, 7) is 8.37. The van der Waals surface area contributed by atoms with E-state index in [2.05, 4.69) is 26.1 Å². The lowest BCUT2D eigenvalue weighted by atomic mass is 9.87. The Bertz CT molecular complexity index is 869. The van der Waals surface area contributed by atoms with Gasteiger partial charge in [0.2, 0.25) is 18.6 Å². The summed E-state index contributed by atoms with van der Waals surface area (Å²) >= 11 is 0. The molecule has 1 N–H and O–H groups in total. The molecule has 2 aromatic carbocycles. The predicted octanol–water partition coefficient (Wildman–Crippen LogP) is 4.09. The van der Waals surface area contributed by atoms with Crippen molar-refractivity contribution in [1.29, 1.82) is 0 Å². The monoisotopic (exact) mass is 382 g/mol. The van der Waals surface area contributed by atoms with Crippen LogP contribution >= 0.6 is 0 Å². The number of nitrogens with one attached hydrogen (secondary N) is 1. The largest absolute Gasteiger partial charge is 0.454 e. The van der Waals surface area contributed by atoms with Crippen molar-refractivity contribution >= 4 is 23.2 Å².